The van der Waals surface area contributed by atoms with Crippen molar-refractivity contribution in [2.45, 2.75) is 42.8 Å². The second-order valence-electron chi connectivity index (χ2n) is 3.95. The van der Waals surface area contributed by atoms with Gasteiger partial charge in [0.2, 0.25) is 11.1 Å². The Bertz CT molecular complexity index is 392. The average molecular weight is 257 g/mol. The minimum atomic E-state index is -0.237. The monoisotopic (exact) mass is 257 g/mol. The van der Waals surface area contributed by atoms with Crippen LogP contribution in [-0.2, 0) is 11.3 Å². The third-order valence-corrected chi connectivity index (χ3v) is 3.46. The number of carbonyl (C=O) groups is 1. The maximum atomic E-state index is 11.7. The molecular formula is C9H15N5O2S. The predicted octanol–water partition coefficient (Wildman–Crippen LogP) is -0.575. The zero-order valence-corrected chi connectivity index (χ0v) is 10.4. The summed E-state index contributed by atoms with van der Waals surface area (Å²) in [5.41, 5.74) is 0. The van der Waals surface area contributed by atoms with E-state index in [0.717, 1.165) is 12.8 Å². The van der Waals surface area contributed by atoms with Crippen LogP contribution < -0.4 is 5.32 Å². The smallest absolute Gasteiger partial charge is 0.233 e. The van der Waals surface area contributed by atoms with Crippen LogP contribution in [0.5, 0.6) is 0 Å². The minimum absolute atomic E-state index is 0.0102. The zero-order chi connectivity index (χ0) is 12.3. The largest absolute Gasteiger partial charge is 0.394 e. The van der Waals surface area contributed by atoms with E-state index in [9.17, 15) is 4.79 Å². The number of tetrazole rings is 1. The number of aromatic nitrogens is 4. The standard InChI is InChI=1S/C9H15N5O2S/c1-6(8(16)10-7-2-3-7)17-9-11-12-13-14(9)4-5-15/h6-7,15H,2-5H2,1H3,(H,10,16). The average Bonchev–Trinajstić information content (AvgIpc) is 3.01. The molecular weight excluding hydrogens is 242 g/mol. The Morgan fingerprint density at radius 2 is 2.47 bits per heavy atom. The number of amides is 1. The van der Waals surface area contributed by atoms with Crippen LogP contribution in [0.1, 0.15) is 19.8 Å². The number of hydrogen-bond donors (Lipinski definition) is 2. The molecule has 0 radical (unpaired) electrons. The molecule has 1 aliphatic rings. The lowest BCUT2D eigenvalue weighted by atomic mass is 10.4. The Labute approximate surface area is 103 Å². The summed E-state index contributed by atoms with van der Waals surface area (Å²) in [6.07, 6.45) is 2.15. The molecule has 0 spiro atoms. The van der Waals surface area contributed by atoms with Gasteiger partial charge in [-0.3, -0.25) is 4.79 Å². The van der Waals surface area contributed by atoms with Crippen molar-refractivity contribution in [3.63, 3.8) is 0 Å². The van der Waals surface area contributed by atoms with Gasteiger partial charge in [0.1, 0.15) is 0 Å². The highest BCUT2D eigenvalue weighted by Crippen LogP contribution is 2.23. The quantitative estimate of drug-likeness (QED) is 0.663. The molecule has 1 heterocycles. The molecule has 0 aliphatic heterocycles. The van der Waals surface area contributed by atoms with Gasteiger partial charge in [-0.25, -0.2) is 4.68 Å². The van der Waals surface area contributed by atoms with E-state index in [-0.39, 0.29) is 17.8 Å². The normalized spacial score (nSPS) is 16.8. The molecule has 1 aromatic rings. The van der Waals surface area contributed by atoms with Gasteiger partial charge in [-0.2, -0.15) is 0 Å². The summed E-state index contributed by atoms with van der Waals surface area (Å²) in [7, 11) is 0. The lowest BCUT2D eigenvalue weighted by Gasteiger charge is -2.10. The van der Waals surface area contributed by atoms with Crippen molar-refractivity contribution in [1.82, 2.24) is 25.5 Å². The molecule has 0 aromatic carbocycles. The third-order valence-electron chi connectivity index (χ3n) is 2.39. The van der Waals surface area contributed by atoms with Gasteiger partial charge in [0, 0.05) is 6.04 Å². The van der Waals surface area contributed by atoms with Crippen LogP contribution in [0.3, 0.4) is 0 Å². The van der Waals surface area contributed by atoms with Gasteiger partial charge in [0.25, 0.3) is 0 Å². The fourth-order valence-electron chi connectivity index (χ4n) is 1.27. The number of aliphatic hydroxyl groups excluding tert-OH is 1. The van der Waals surface area contributed by atoms with Gasteiger partial charge in [0.05, 0.1) is 18.4 Å². The van der Waals surface area contributed by atoms with Crippen molar-refractivity contribution in [1.29, 1.82) is 0 Å². The SMILES string of the molecule is CC(Sc1nnnn1CCO)C(=O)NC1CC1. The van der Waals surface area contributed by atoms with Crippen LogP contribution in [-0.4, -0.2) is 49.1 Å². The topological polar surface area (TPSA) is 92.9 Å². The first-order valence-electron chi connectivity index (χ1n) is 5.54. The number of rotatable bonds is 6. The van der Waals surface area contributed by atoms with Crippen molar-refractivity contribution in [3.05, 3.63) is 0 Å². The van der Waals surface area contributed by atoms with Crippen LogP contribution in [0.2, 0.25) is 0 Å². The maximum Gasteiger partial charge on any atom is 0.233 e. The lowest BCUT2D eigenvalue weighted by molar-refractivity contribution is -0.120. The Morgan fingerprint density at radius 3 is 3.12 bits per heavy atom. The van der Waals surface area contributed by atoms with Gasteiger partial charge in [-0.1, -0.05) is 11.8 Å². The van der Waals surface area contributed by atoms with Crippen LogP contribution >= 0.6 is 11.8 Å². The predicted molar refractivity (Wildman–Crippen MR) is 61.4 cm³/mol. The van der Waals surface area contributed by atoms with Crippen molar-refractivity contribution >= 4 is 17.7 Å². The molecule has 17 heavy (non-hydrogen) atoms. The summed E-state index contributed by atoms with van der Waals surface area (Å²) in [5, 5.41) is 23.2. The van der Waals surface area contributed by atoms with Gasteiger partial charge in [-0.15, -0.1) is 5.10 Å². The molecule has 0 saturated heterocycles. The molecule has 0 bridgehead atoms. The van der Waals surface area contributed by atoms with E-state index in [2.05, 4.69) is 20.8 Å². The molecule has 2 rings (SSSR count). The molecule has 8 heteroatoms. The molecule has 1 aromatic heterocycles. The number of nitrogens with one attached hydrogen (secondary N) is 1. The Morgan fingerprint density at radius 1 is 1.71 bits per heavy atom. The van der Waals surface area contributed by atoms with Gasteiger partial charge in [-0.05, 0) is 30.2 Å². The molecule has 1 fully saturated rings. The second-order valence-corrected chi connectivity index (χ2v) is 5.26. The minimum Gasteiger partial charge on any atom is -0.394 e. The number of hydrogen-bond acceptors (Lipinski definition) is 6. The van der Waals surface area contributed by atoms with Gasteiger partial charge < -0.3 is 10.4 Å². The first kappa shape index (κ1) is 12.3. The molecule has 94 valence electrons. The molecule has 1 atom stereocenters. The maximum absolute atomic E-state index is 11.7. The number of nitrogens with zero attached hydrogens (tertiary/aromatic N) is 4. The summed E-state index contributed by atoms with van der Waals surface area (Å²) < 4.78 is 1.49. The van der Waals surface area contributed by atoms with E-state index in [1.807, 2.05) is 6.92 Å². The highest BCUT2D eigenvalue weighted by atomic mass is 32.2. The fraction of sp³-hybridized carbons (Fsp3) is 0.778. The Kier molecular flexibility index (Phi) is 3.95. The van der Waals surface area contributed by atoms with Crippen LogP contribution in [0.25, 0.3) is 0 Å². The number of carbonyl (C=O) groups excluding carboxylic acids is 1. The van der Waals surface area contributed by atoms with Crippen LogP contribution in [0.15, 0.2) is 5.16 Å². The fourth-order valence-corrected chi connectivity index (χ4v) is 2.10. The molecule has 1 saturated carbocycles. The molecule has 1 amide bonds. The molecule has 7 nitrogen and oxygen atoms in total. The summed E-state index contributed by atoms with van der Waals surface area (Å²) >= 11 is 1.30. The molecule has 1 unspecified atom stereocenters. The summed E-state index contributed by atoms with van der Waals surface area (Å²) in [6, 6.07) is 0.360. The first-order valence-corrected chi connectivity index (χ1v) is 6.42. The summed E-state index contributed by atoms with van der Waals surface area (Å²) in [6.45, 7) is 2.13. The summed E-state index contributed by atoms with van der Waals surface area (Å²) in [4.78, 5) is 11.7. The van der Waals surface area contributed by atoms with E-state index >= 15 is 0 Å². The van der Waals surface area contributed by atoms with E-state index in [1.165, 1.54) is 16.4 Å². The number of aliphatic hydroxyl groups is 1. The lowest BCUT2D eigenvalue weighted by Crippen LogP contribution is -2.32. The first-order chi connectivity index (χ1) is 8.20. The highest BCUT2D eigenvalue weighted by molar-refractivity contribution is 8.00. The second kappa shape index (κ2) is 5.46. The van der Waals surface area contributed by atoms with E-state index in [4.69, 9.17) is 5.11 Å². The Hall–Kier alpha value is -1.15. The molecule has 2 N–H and O–H groups in total. The Balaban J connectivity index is 1.89. The van der Waals surface area contributed by atoms with E-state index in [1.54, 1.807) is 0 Å². The number of thioether (sulfide) groups is 1. The van der Waals surface area contributed by atoms with Gasteiger partial charge in [0.15, 0.2) is 0 Å². The van der Waals surface area contributed by atoms with Crippen LogP contribution in [0, 0.1) is 0 Å². The van der Waals surface area contributed by atoms with Crippen molar-refractivity contribution < 1.29 is 9.90 Å². The van der Waals surface area contributed by atoms with Crippen LogP contribution in [0.4, 0.5) is 0 Å². The van der Waals surface area contributed by atoms with Gasteiger partial charge >= 0.3 is 0 Å². The van der Waals surface area contributed by atoms with Crippen molar-refractivity contribution in [2.24, 2.45) is 0 Å². The third kappa shape index (κ3) is 3.40. The highest BCUT2D eigenvalue weighted by Gasteiger charge is 2.26. The van der Waals surface area contributed by atoms with E-state index in [0.29, 0.717) is 17.7 Å². The molecule has 1 aliphatic carbocycles. The summed E-state index contributed by atoms with van der Waals surface area (Å²) in [5.74, 6) is 0.0102. The van der Waals surface area contributed by atoms with E-state index < -0.39 is 0 Å². The van der Waals surface area contributed by atoms with Crippen molar-refractivity contribution in [3.8, 4) is 0 Å². The zero-order valence-electron chi connectivity index (χ0n) is 9.54. The van der Waals surface area contributed by atoms with Crippen molar-refractivity contribution in [2.75, 3.05) is 6.61 Å².